The van der Waals surface area contributed by atoms with E-state index in [4.69, 9.17) is 0 Å². The van der Waals surface area contributed by atoms with Crippen molar-refractivity contribution in [1.82, 2.24) is 15.3 Å². The predicted octanol–water partition coefficient (Wildman–Crippen LogP) is 1.18. The van der Waals surface area contributed by atoms with Gasteiger partial charge < -0.3 is 10.6 Å². The lowest BCUT2D eigenvalue weighted by molar-refractivity contribution is -0.118. The van der Waals surface area contributed by atoms with Gasteiger partial charge in [-0.05, 0) is 12.1 Å². The molecule has 2 N–H and O–H groups in total. The molecule has 0 radical (unpaired) electrons. The van der Waals surface area contributed by atoms with Gasteiger partial charge in [-0.1, -0.05) is 12.1 Å². The van der Waals surface area contributed by atoms with Gasteiger partial charge in [-0.3, -0.25) is 9.78 Å². The Balaban J connectivity index is 1.97. The Morgan fingerprint density at radius 3 is 2.76 bits per heavy atom. The van der Waals surface area contributed by atoms with Gasteiger partial charge in [-0.2, -0.15) is 0 Å². The lowest BCUT2D eigenvalue weighted by atomic mass is 10.3. The first-order valence-electron chi connectivity index (χ1n) is 5.46. The van der Waals surface area contributed by atoms with Crippen molar-refractivity contribution in [2.24, 2.45) is 0 Å². The second kappa shape index (κ2) is 5.25. The molecule has 0 saturated carbocycles. The monoisotopic (exact) mass is 230 g/mol. The number of nitrogens with one attached hydrogen (secondary N) is 2. The van der Waals surface area contributed by atoms with Gasteiger partial charge in [0.1, 0.15) is 5.82 Å². The summed E-state index contributed by atoms with van der Waals surface area (Å²) in [5.41, 5.74) is 1.73. The molecule has 0 atom stereocenters. The SMILES string of the molecule is CC(=O)NCCNc1cnc2ccccc2n1. The number of aromatic nitrogens is 2. The van der Waals surface area contributed by atoms with E-state index in [0.717, 1.165) is 11.0 Å². The largest absolute Gasteiger partial charge is 0.367 e. The first-order valence-corrected chi connectivity index (χ1v) is 5.46. The fraction of sp³-hybridized carbons (Fsp3) is 0.250. The third kappa shape index (κ3) is 3.14. The molecule has 0 aliphatic rings. The van der Waals surface area contributed by atoms with Gasteiger partial charge in [-0.25, -0.2) is 4.98 Å². The van der Waals surface area contributed by atoms with E-state index in [1.54, 1.807) is 6.20 Å². The first kappa shape index (κ1) is 11.3. The number of amides is 1. The molecule has 0 bridgehead atoms. The highest BCUT2D eigenvalue weighted by molar-refractivity contribution is 5.75. The van der Waals surface area contributed by atoms with Crippen LogP contribution in [0.3, 0.4) is 0 Å². The number of hydrogen-bond donors (Lipinski definition) is 2. The van der Waals surface area contributed by atoms with Crippen molar-refractivity contribution < 1.29 is 4.79 Å². The van der Waals surface area contributed by atoms with E-state index in [1.807, 2.05) is 24.3 Å². The van der Waals surface area contributed by atoms with E-state index in [0.29, 0.717) is 18.9 Å². The summed E-state index contributed by atoms with van der Waals surface area (Å²) in [5.74, 6) is 0.686. The van der Waals surface area contributed by atoms with Crippen LogP contribution in [0.15, 0.2) is 30.5 Å². The summed E-state index contributed by atoms with van der Waals surface area (Å²) in [6.07, 6.45) is 1.69. The van der Waals surface area contributed by atoms with Crippen molar-refractivity contribution in [2.75, 3.05) is 18.4 Å². The van der Waals surface area contributed by atoms with Crippen LogP contribution in [0.5, 0.6) is 0 Å². The molecule has 1 aromatic carbocycles. The van der Waals surface area contributed by atoms with Gasteiger partial charge in [0.25, 0.3) is 0 Å². The Bertz CT molecular complexity index is 527. The van der Waals surface area contributed by atoms with Crippen molar-refractivity contribution in [3.8, 4) is 0 Å². The van der Waals surface area contributed by atoms with Gasteiger partial charge in [0.15, 0.2) is 0 Å². The number of fused-ring (bicyclic) bond motifs is 1. The Labute approximate surface area is 99.3 Å². The van der Waals surface area contributed by atoms with Crippen molar-refractivity contribution >= 4 is 22.8 Å². The van der Waals surface area contributed by atoms with Crippen LogP contribution in [0.25, 0.3) is 11.0 Å². The molecule has 5 nitrogen and oxygen atoms in total. The Morgan fingerprint density at radius 2 is 2.00 bits per heavy atom. The van der Waals surface area contributed by atoms with E-state index in [9.17, 15) is 4.79 Å². The Morgan fingerprint density at radius 1 is 1.24 bits per heavy atom. The van der Waals surface area contributed by atoms with Crippen LogP contribution < -0.4 is 10.6 Å². The standard InChI is InChI=1S/C12H14N4O/c1-9(17)13-6-7-14-12-8-15-10-4-2-3-5-11(10)16-12/h2-5,8H,6-7H2,1H3,(H,13,17)(H,14,16). The zero-order chi connectivity index (χ0) is 12.1. The molecule has 2 rings (SSSR count). The molecular formula is C12H14N4O. The molecule has 5 heteroatoms. The number of nitrogens with zero attached hydrogens (tertiary/aromatic N) is 2. The molecule has 88 valence electrons. The minimum atomic E-state index is -0.0311. The molecule has 17 heavy (non-hydrogen) atoms. The predicted molar refractivity (Wildman–Crippen MR) is 66.7 cm³/mol. The normalized spacial score (nSPS) is 10.2. The molecule has 0 spiro atoms. The van der Waals surface area contributed by atoms with E-state index in [2.05, 4.69) is 20.6 Å². The highest BCUT2D eigenvalue weighted by Gasteiger charge is 1.98. The molecule has 0 fully saturated rings. The number of benzene rings is 1. The molecule has 2 aromatic rings. The van der Waals surface area contributed by atoms with Crippen LogP contribution in [0, 0.1) is 0 Å². The maximum atomic E-state index is 10.7. The van der Waals surface area contributed by atoms with Crippen LogP contribution in [0.2, 0.25) is 0 Å². The topological polar surface area (TPSA) is 66.9 Å². The van der Waals surface area contributed by atoms with Gasteiger partial charge in [-0.15, -0.1) is 0 Å². The second-order valence-electron chi connectivity index (χ2n) is 3.65. The average molecular weight is 230 g/mol. The summed E-state index contributed by atoms with van der Waals surface area (Å²) in [6.45, 7) is 2.70. The Hall–Kier alpha value is -2.17. The van der Waals surface area contributed by atoms with Crippen LogP contribution >= 0.6 is 0 Å². The van der Waals surface area contributed by atoms with Crippen molar-refractivity contribution in [1.29, 1.82) is 0 Å². The highest BCUT2D eigenvalue weighted by atomic mass is 16.1. The third-order valence-corrected chi connectivity index (χ3v) is 2.25. The number of hydrogen-bond acceptors (Lipinski definition) is 4. The maximum absolute atomic E-state index is 10.7. The van der Waals surface area contributed by atoms with Crippen LogP contribution in [0.4, 0.5) is 5.82 Å². The van der Waals surface area contributed by atoms with Crippen LogP contribution in [0.1, 0.15) is 6.92 Å². The second-order valence-corrected chi connectivity index (χ2v) is 3.65. The summed E-state index contributed by atoms with van der Waals surface area (Å²) in [6, 6.07) is 7.70. The number of carbonyl (C=O) groups is 1. The highest BCUT2D eigenvalue weighted by Crippen LogP contribution is 2.10. The van der Waals surface area contributed by atoms with Gasteiger partial charge >= 0.3 is 0 Å². The average Bonchev–Trinajstić information content (AvgIpc) is 2.34. The van der Waals surface area contributed by atoms with E-state index in [1.165, 1.54) is 6.92 Å². The van der Waals surface area contributed by atoms with Crippen molar-refractivity contribution in [2.45, 2.75) is 6.92 Å². The maximum Gasteiger partial charge on any atom is 0.216 e. The lowest BCUT2D eigenvalue weighted by Crippen LogP contribution is -2.26. The summed E-state index contributed by atoms with van der Waals surface area (Å²) in [7, 11) is 0. The summed E-state index contributed by atoms with van der Waals surface area (Å²) in [5, 5.41) is 5.81. The smallest absolute Gasteiger partial charge is 0.216 e. The minimum Gasteiger partial charge on any atom is -0.367 e. The molecule has 0 saturated heterocycles. The summed E-state index contributed by atoms with van der Waals surface area (Å²) in [4.78, 5) is 19.4. The van der Waals surface area contributed by atoms with Crippen molar-refractivity contribution in [3.63, 3.8) is 0 Å². The zero-order valence-corrected chi connectivity index (χ0v) is 9.60. The lowest BCUT2D eigenvalue weighted by Gasteiger charge is -2.06. The number of anilines is 1. The van der Waals surface area contributed by atoms with Gasteiger partial charge in [0, 0.05) is 20.0 Å². The molecule has 1 aromatic heterocycles. The third-order valence-electron chi connectivity index (χ3n) is 2.25. The van der Waals surface area contributed by atoms with Gasteiger partial charge in [0.05, 0.1) is 17.2 Å². The number of para-hydroxylation sites is 2. The summed E-state index contributed by atoms with van der Waals surface area (Å²) < 4.78 is 0. The van der Waals surface area contributed by atoms with Crippen molar-refractivity contribution in [3.05, 3.63) is 30.5 Å². The fourth-order valence-electron chi connectivity index (χ4n) is 1.47. The zero-order valence-electron chi connectivity index (χ0n) is 9.60. The Kier molecular flexibility index (Phi) is 3.49. The van der Waals surface area contributed by atoms with Crippen LogP contribution in [-0.2, 0) is 4.79 Å². The van der Waals surface area contributed by atoms with E-state index < -0.39 is 0 Å². The quantitative estimate of drug-likeness (QED) is 0.774. The molecule has 0 aliphatic carbocycles. The minimum absolute atomic E-state index is 0.0311. The molecule has 1 amide bonds. The van der Waals surface area contributed by atoms with E-state index >= 15 is 0 Å². The number of carbonyl (C=O) groups excluding carboxylic acids is 1. The summed E-state index contributed by atoms with van der Waals surface area (Å²) >= 11 is 0. The molecule has 0 unspecified atom stereocenters. The van der Waals surface area contributed by atoms with E-state index in [-0.39, 0.29) is 5.91 Å². The first-order chi connectivity index (χ1) is 8.25. The fourth-order valence-corrected chi connectivity index (χ4v) is 1.47. The molecule has 1 heterocycles. The molecule has 0 aliphatic heterocycles. The molecular weight excluding hydrogens is 216 g/mol. The number of rotatable bonds is 4. The van der Waals surface area contributed by atoms with Crippen LogP contribution in [-0.4, -0.2) is 29.0 Å². The van der Waals surface area contributed by atoms with Gasteiger partial charge in [0.2, 0.25) is 5.91 Å².